The van der Waals surface area contributed by atoms with Crippen LogP contribution in [0.4, 0.5) is 4.79 Å². The van der Waals surface area contributed by atoms with Crippen LogP contribution in [0.5, 0.6) is 0 Å². The van der Waals surface area contributed by atoms with Gasteiger partial charge in [-0.1, -0.05) is 67.8 Å². The van der Waals surface area contributed by atoms with Crippen molar-refractivity contribution in [2.24, 2.45) is 16.5 Å². The summed E-state index contributed by atoms with van der Waals surface area (Å²) in [4.78, 5) is 114. The highest BCUT2D eigenvalue weighted by Gasteiger charge is 2.55. The molecule has 3 aromatic rings. The normalized spacial score (nSPS) is 17.5. The number of imide groups is 1. The smallest absolute Gasteiger partial charge is 0.331 e. The number of aldehydes is 1. The van der Waals surface area contributed by atoms with E-state index in [-0.39, 0.29) is 51.0 Å². The fourth-order valence-electron chi connectivity index (χ4n) is 8.52. The molecular weight excluding hydrogens is 837 g/mol. The first-order chi connectivity index (χ1) is 31.3. The summed E-state index contributed by atoms with van der Waals surface area (Å²) in [6, 6.07) is 11.2. The molecule has 8 amide bonds. The van der Waals surface area contributed by atoms with E-state index in [1.807, 2.05) is 54.6 Å². The van der Waals surface area contributed by atoms with E-state index >= 15 is 0 Å². The van der Waals surface area contributed by atoms with E-state index in [2.05, 4.69) is 47.6 Å². The van der Waals surface area contributed by atoms with Gasteiger partial charge < -0.3 is 53.1 Å². The predicted octanol–water partition coefficient (Wildman–Crippen LogP) is -0.684. The molecule has 350 valence electrons. The zero-order valence-corrected chi connectivity index (χ0v) is 36.9. The third kappa shape index (κ3) is 13.4. The Bertz CT molecular complexity index is 2190. The van der Waals surface area contributed by atoms with Crippen molar-refractivity contribution in [1.29, 1.82) is 0 Å². The number of fused-ring (bicyclic) bond motifs is 1. The number of nitrogens with two attached hydrogens (primary N) is 2. The first kappa shape index (κ1) is 49.3. The van der Waals surface area contributed by atoms with Crippen LogP contribution in [-0.4, -0.2) is 119 Å². The average molecular weight is 900 g/mol. The lowest BCUT2D eigenvalue weighted by molar-refractivity contribution is -0.308. The molecule has 14 N–H and O–H groups in total. The highest BCUT2D eigenvalue weighted by molar-refractivity contribution is 6.10. The van der Waals surface area contributed by atoms with Crippen LogP contribution in [0.1, 0.15) is 81.8 Å². The van der Waals surface area contributed by atoms with Gasteiger partial charge >= 0.3 is 11.9 Å². The third-order valence-corrected chi connectivity index (χ3v) is 12.0. The van der Waals surface area contributed by atoms with Crippen LogP contribution >= 0.6 is 0 Å². The molecule has 2 heterocycles. The Kier molecular flexibility index (Phi) is 18.1. The summed E-state index contributed by atoms with van der Waals surface area (Å²) in [6.45, 7) is 0.489. The molecule has 20 nitrogen and oxygen atoms in total. The number of urea groups is 1. The number of benzene rings is 2. The number of para-hydroxylation sites is 1. The molecule has 5 rings (SSSR count). The van der Waals surface area contributed by atoms with Crippen molar-refractivity contribution < 1.29 is 44.1 Å². The van der Waals surface area contributed by atoms with Gasteiger partial charge in [0.15, 0.2) is 5.96 Å². The maximum absolute atomic E-state index is 13.9. The molecular formula is C45H63N12O8+. The molecule has 0 radical (unpaired) electrons. The van der Waals surface area contributed by atoms with Crippen LogP contribution in [0.3, 0.4) is 0 Å². The topological polar surface area (TPSA) is 320 Å². The Morgan fingerprint density at radius 3 is 2.25 bits per heavy atom. The number of amides is 8. The van der Waals surface area contributed by atoms with Crippen molar-refractivity contribution in [1.82, 2.24) is 41.8 Å². The quantitative estimate of drug-likeness (QED) is 0.0167. The van der Waals surface area contributed by atoms with Gasteiger partial charge in [-0.25, -0.2) is 14.5 Å². The van der Waals surface area contributed by atoms with Crippen molar-refractivity contribution in [3.05, 3.63) is 71.9 Å². The van der Waals surface area contributed by atoms with E-state index in [9.17, 15) is 38.4 Å². The number of aliphatic imine (C=N–C) groups is 1. The number of nitrogens with zero attached hydrogens (tertiary/aromatic N) is 2. The first-order valence-corrected chi connectivity index (χ1v) is 22.2. The van der Waals surface area contributed by atoms with E-state index < -0.39 is 77.2 Å². The second-order valence-corrected chi connectivity index (χ2v) is 16.7. The molecule has 1 aliphatic carbocycles. The molecule has 1 aromatic heterocycles. The van der Waals surface area contributed by atoms with Crippen LogP contribution in [0.25, 0.3) is 10.9 Å². The van der Waals surface area contributed by atoms with Gasteiger partial charge in [-0.3, -0.25) is 34.7 Å². The summed E-state index contributed by atoms with van der Waals surface area (Å²) >= 11 is 0. The van der Waals surface area contributed by atoms with Crippen molar-refractivity contribution in [2.75, 3.05) is 20.1 Å². The fourth-order valence-corrected chi connectivity index (χ4v) is 8.52. The lowest BCUT2D eigenvalue weighted by Crippen LogP contribution is -2.67. The number of unbranched alkanes of at least 4 members (excludes halogenated alkanes) is 1. The zero-order chi connectivity index (χ0) is 46.9. The molecule has 1 saturated heterocycles. The molecule has 65 heavy (non-hydrogen) atoms. The average Bonchev–Trinajstić information content (AvgIpc) is 3.83. The van der Waals surface area contributed by atoms with Crippen molar-refractivity contribution >= 4 is 64.6 Å². The van der Waals surface area contributed by atoms with E-state index in [1.54, 1.807) is 13.2 Å². The number of quaternary nitrogens is 1. The third-order valence-electron chi connectivity index (χ3n) is 12.0. The molecule has 5 unspecified atom stereocenters. The molecule has 1 saturated carbocycles. The minimum Gasteiger partial charge on any atom is -0.370 e. The van der Waals surface area contributed by atoms with E-state index in [0.717, 1.165) is 33.4 Å². The molecule has 20 heteroatoms. The number of carbonyl (C=O) groups excluding carboxylic acids is 8. The number of rotatable bonds is 25. The Morgan fingerprint density at radius 2 is 1.55 bits per heavy atom. The van der Waals surface area contributed by atoms with Crippen LogP contribution in [0.2, 0.25) is 0 Å². The molecule has 0 spiro atoms. The van der Waals surface area contributed by atoms with Gasteiger partial charge in [-0.2, -0.15) is 0 Å². The van der Waals surface area contributed by atoms with Crippen LogP contribution in [0.15, 0.2) is 65.8 Å². The maximum Gasteiger partial charge on any atom is 0.331 e. The summed E-state index contributed by atoms with van der Waals surface area (Å²) in [5.41, 5.74) is 15.4. The summed E-state index contributed by atoms with van der Waals surface area (Å²) in [5, 5.41) is 17.6. The van der Waals surface area contributed by atoms with E-state index in [0.29, 0.717) is 51.4 Å². The highest BCUT2D eigenvalue weighted by Crippen LogP contribution is 2.37. The van der Waals surface area contributed by atoms with Gasteiger partial charge in [0.25, 0.3) is 5.91 Å². The number of nitrogens with one attached hydrogen (secondary N) is 7. The largest absolute Gasteiger partial charge is 0.370 e. The summed E-state index contributed by atoms with van der Waals surface area (Å²) in [5.74, 6) is -3.36. The number of H-pyrrole nitrogens is 1. The maximum atomic E-state index is 13.9. The lowest BCUT2D eigenvalue weighted by atomic mass is 9.79. The number of aromatic nitrogens is 1. The van der Waals surface area contributed by atoms with Gasteiger partial charge in [0.1, 0.15) is 30.0 Å². The summed E-state index contributed by atoms with van der Waals surface area (Å²) in [6.07, 6.45) is 6.73. The van der Waals surface area contributed by atoms with Crippen molar-refractivity contribution in [2.45, 2.75) is 119 Å². The summed E-state index contributed by atoms with van der Waals surface area (Å²) < 4.78 is 0. The number of aromatic amines is 1. The molecule has 2 aliphatic rings. The molecule has 1 aliphatic heterocycles. The minimum absolute atomic E-state index is 0.0510. The second-order valence-electron chi connectivity index (χ2n) is 16.7. The summed E-state index contributed by atoms with van der Waals surface area (Å²) in [7, 11) is 1.63. The van der Waals surface area contributed by atoms with Gasteiger partial charge in [-0.05, 0) is 75.6 Å². The van der Waals surface area contributed by atoms with Gasteiger partial charge in [-0.15, -0.1) is 0 Å². The molecule has 0 bridgehead atoms. The standard InChI is InChI=1S/C45H62N12O8/c1-49-34(18-12-22-51-43(47)48)39(61)55-35(24-29-26-52-32-16-7-6-15-31(29)32)40(62)54-33(38(46)60)17-8-11-21-50-37(59)25-36-41(63)57(44(65)56-36)45(19-9-3-10-20-45)42(64)53-30(27-58)23-28-13-4-2-5-14-28/h2,4-7,13-16,26-27,30,33-36,49,52H,3,8-12,17-25H2,1H3,(H2,46,60)(H,50,59)(H,53,64)(H,54,62)(H,55,61)(H,56,65)(H4,47,48,51)/p+1. The Balaban J connectivity index is 1.13. The van der Waals surface area contributed by atoms with E-state index in [1.165, 1.54) is 0 Å². The van der Waals surface area contributed by atoms with Gasteiger partial charge in [0.05, 0.1) is 18.5 Å². The van der Waals surface area contributed by atoms with E-state index in [4.69, 9.17) is 11.5 Å². The SMILES string of the molecule is CNC(CCCN=C(N)N)C(=O)NC(Cc1c[nH]c2ccccc12)C(=O)NC(CCCCNC(=O)CC1NC(=O)N(C2(C(=O)NC(C=O)Cc3ccccc3)CCCCC2)C1=O)C([NH3+])=O. The van der Waals surface area contributed by atoms with Crippen molar-refractivity contribution in [3.63, 3.8) is 0 Å². The fraction of sp³-hybridized carbons (Fsp3) is 0.489. The number of hydrogen-bond acceptors (Lipinski definition) is 10. The van der Waals surface area contributed by atoms with Crippen LogP contribution < -0.4 is 49.1 Å². The first-order valence-electron chi connectivity index (χ1n) is 22.2. The van der Waals surface area contributed by atoms with Crippen LogP contribution in [-0.2, 0) is 46.4 Å². The zero-order valence-electron chi connectivity index (χ0n) is 36.9. The van der Waals surface area contributed by atoms with Crippen LogP contribution in [0, 0.1) is 0 Å². The number of likely N-dealkylation sites (N-methyl/N-ethyl adjacent to an activating group) is 1. The highest BCUT2D eigenvalue weighted by atomic mass is 16.2. The monoisotopic (exact) mass is 899 g/mol. The number of guanidine groups is 1. The van der Waals surface area contributed by atoms with Gasteiger partial charge in [0.2, 0.25) is 23.6 Å². The predicted molar refractivity (Wildman–Crippen MR) is 241 cm³/mol. The number of carbonyl (C=O) groups is 8. The minimum atomic E-state index is -1.51. The lowest BCUT2D eigenvalue weighted by Gasteiger charge is -2.41. The Hall–Kier alpha value is -6.67. The Morgan fingerprint density at radius 1 is 0.877 bits per heavy atom. The molecule has 5 atom stereocenters. The van der Waals surface area contributed by atoms with Gasteiger partial charge in [0, 0.05) is 36.6 Å². The molecule has 2 aromatic carbocycles. The number of hydrogen-bond donors (Lipinski definition) is 10. The van der Waals surface area contributed by atoms with Crippen molar-refractivity contribution in [3.8, 4) is 0 Å². The Labute approximate surface area is 377 Å². The molecule has 2 fully saturated rings. The second kappa shape index (κ2) is 23.9.